The lowest BCUT2D eigenvalue weighted by Crippen LogP contribution is -2.32. The second-order valence-electron chi connectivity index (χ2n) is 4.74. The number of likely N-dealkylation sites (N-methyl/N-ethyl adjacent to an activating group) is 1. The van der Waals surface area contributed by atoms with Gasteiger partial charge in [0, 0.05) is 22.6 Å². The average Bonchev–Trinajstić information content (AvgIpc) is 2.98. The van der Waals surface area contributed by atoms with Crippen LogP contribution in [0.3, 0.4) is 0 Å². The standard InChI is InChI=1S/C15H16ClN3O2S/c1-19(9-11-3-2-6-22-11)14(20)8-18-13-5-4-10(16)7-12(13)15(17)21/h2-7,18H,8-9H2,1H3,(H2,17,21). The maximum Gasteiger partial charge on any atom is 0.250 e. The van der Waals surface area contributed by atoms with Crippen LogP contribution in [0.15, 0.2) is 35.7 Å². The fraction of sp³-hybridized carbons (Fsp3) is 0.200. The van der Waals surface area contributed by atoms with Crippen LogP contribution in [0.25, 0.3) is 0 Å². The van der Waals surface area contributed by atoms with Gasteiger partial charge in [0.25, 0.3) is 5.91 Å². The maximum atomic E-state index is 12.1. The number of primary amides is 1. The van der Waals surface area contributed by atoms with Crippen molar-refractivity contribution in [1.29, 1.82) is 0 Å². The van der Waals surface area contributed by atoms with E-state index in [4.69, 9.17) is 17.3 Å². The lowest BCUT2D eigenvalue weighted by Gasteiger charge is -2.17. The molecule has 0 aliphatic rings. The minimum Gasteiger partial charge on any atom is -0.376 e. The van der Waals surface area contributed by atoms with Gasteiger partial charge in [-0.25, -0.2) is 0 Å². The molecule has 5 nitrogen and oxygen atoms in total. The molecule has 1 heterocycles. The van der Waals surface area contributed by atoms with E-state index in [1.165, 1.54) is 6.07 Å². The van der Waals surface area contributed by atoms with Crippen LogP contribution in [0, 0.1) is 0 Å². The Balaban J connectivity index is 1.97. The summed E-state index contributed by atoms with van der Waals surface area (Å²) in [6.45, 7) is 0.630. The quantitative estimate of drug-likeness (QED) is 0.850. The summed E-state index contributed by atoms with van der Waals surface area (Å²) >= 11 is 7.44. The molecule has 0 radical (unpaired) electrons. The first-order valence-corrected chi connectivity index (χ1v) is 7.82. The van der Waals surface area contributed by atoms with Gasteiger partial charge in [-0.05, 0) is 29.6 Å². The monoisotopic (exact) mass is 337 g/mol. The Morgan fingerprint density at radius 2 is 2.14 bits per heavy atom. The molecule has 0 spiro atoms. The molecule has 0 saturated heterocycles. The second kappa shape index (κ2) is 7.29. The van der Waals surface area contributed by atoms with E-state index in [2.05, 4.69) is 5.32 Å². The third-order valence-electron chi connectivity index (χ3n) is 3.08. The summed E-state index contributed by atoms with van der Waals surface area (Å²) in [5, 5.41) is 5.32. The Labute approximate surface area is 137 Å². The van der Waals surface area contributed by atoms with Crippen molar-refractivity contribution in [3.8, 4) is 0 Å². The van der Waals surface area contributed by atoms with Gasteiger partial charge in [0.2, 0.25) is 5.91 Å². The van der Waals surface area contributed by atoms with E-state index in [0.717, 1.165) is 4.88 Å². The number of hydrogen-bond donors (Lipinski definition) is 2. The Morgan fingerprint density at radius 1 is 1.36 bits per heavy atom. The number of nitrogens with one attached hydrogen (secondary N) is 1. The van der Waals surface area contributed by atoms with E-state index in [1.54, 1.807) is 35.4 Å². The molecule has 3 N–H and O–H groups in total. The van der Waals surface area contributed by atoms with Crippen LogP contribution in [-0.4, -0.2) is 30.3 Å². The average molecular weight is 338 g/mol. The molecule has 0 bridgehead atoms. The van der Waals surface area contributed by atoms with Gasteiger partial charge in [-0.1, -0.05) is 17.7 Å². The molecule has 0 aliphatic heterocycles. The Hall–Kier alpha value is -2.05. The third-order valence-corrected chi connectivity index (χ3v) is 4.17. The van der Waals surface area contributed by atoms with Crippen LogP contribution in [0.5, 0.6) is 0 Å². The van der Waals surface area contributed by atoms with E-state index >= 15 is 0 Å². The third kappa shape index (κ3) is 4.22. The molecule has 116 valence electrons. The van der Waals surface area contributed by atoms with Crippen molar-refractivity contribution in [3.05, 3.63) is 51.2 Å². The molecule has 0 aliphatic carbocycles. The minimum absolute atomic E-state index is 0.0732. The fourth-order valence-corrected chi connectivity index (χ4v) is 2.83. The maximum absolute atomic E-state index is 12.1. The predicted molar refractivity (Wildman–Crippen MR) is 89.3 cm³/mol. The summed E-state index contributed by atoms with van der Waals surface area (Å²) in [6, 6.07) is 8.67. The van der Waals surface area contributed by atoms with Crippen molar-refractivity contribution < 1.29 is 9.59 Å². The summed E-state index contributed by atoms with van der Waals surface area (Å²) < 4.78 is 0. The fourth-order valence-electron chi connectivity index (χ4n) is 1.90. The van der Waals surface area contributed by atoms with E-state index in [1.807, 2.05) is 17.5 Å². The van der Waals surface area contributed by atoms with Gasteiger partial charge in [0.05, 0.1) is 18.7 Å². The molecule has 1 aromatic carbocycles. The lowest BCUT2D eigenvalue weighted by molar-refractivity contribution is -0.128. The van der Waals surface area contributed by atoms with E-state index in [-0.39, 0.29) is 18.0 Å². The molecule has 0 fully saturated rings. The number of carbonyl (C=O) groups is 2. The first-order valence-electron chi connectivity index (χ1n) is 6.57. The molecule has 0 atom stereocenters. The van der Waals surface area contributed by atoms with Gasteiger partial charge in [-0.15, -0.1) is 11.3 Å². The highest BCUT2D eigenvalue weighted by atomic mass is 35.5. The van der Waals surface area contributed by atoms with Gasteiger partial charge in [-0.3, -0.25) is 9.59 Å². The number of amides is 2. The second-order valence-corrected chi connectivity index (χ2v) is 6.21. The van der Waals surface area contributed by atoms with Crippen molar-refractivity contribution in [2.45, 2.75) is 6.54 Å². The van der Waals surface area contributed by atoms with E-state index < -0.39 is 5.91 Å². The Kier molecular flexibility index (Phi) is 5.41. The zero-order valence-electron chi connectivity index (χ0n) is 12.0. The van der Waals surface area contributed by atoms with E-state index in [0.29, 0.717) is 17.3 Å². The number of rotatable bonds is 6. The van der Waals surface area contributed by atoms with Gasteiger partial charge in [0.1, 0.15) is 0 Å². The van der Waals surface area contributed by atoms with Gasteiger partial charge in [0.15, 0.2) is 0 Å². The zero-order valence-corrected chi connectivity index (χ0v) is 13.6. The summed E-state index contributed by atoms with van der Waals surface area (Å²) in [6.07, 6.45) is 0. The molecule has 2 aromatic rings. The van der Waals surface area contributed by atoms with Crippen molar-refractivity contribution in [2.75, 3.05) is 18.9 Å². The number of benzene rings is 1. The molecule has 2 amide bonds. The van der Waals surface area contributed by atoms with Crippen molar-refractivity contribution in [3.63, 3.8) is 0 Å². The Bertz CT molecular complexity index is 673. The summed E-state index contributed by atoms with van der Waals surface area (Å²) in [4.78, 5) is 26.2. The topological polar surface area (TPSA) is 75.4 Å². The highest BCUT2D eigenvalue weighted by Gasteiger charge is 2.13. The van der Waals surface area contributed by atoms with Crippen molar-refractivity contribution >= 4 is 40.4 Å². The van der Waals surface area contributed by atoms with Crippen LogP contribution < -0.4 is 11.1 Å². The van der Waals surface area contributed by atoms with Gasteiger partial charge in [-0.2, -0.15) is 0 Å². The van der Waals surface area contributed by atoms with Crippen molar-refractivity contribution in [2.24, 2.45) is 5.73 Å². The van der Waals surface area contributed by atoms with Crippen LogP contribution in [-0.2, 0) is 11.3 Å². The van der Waals surface area contributed by atoms with Crippen LogP contribution in [0.2, 0.25) is 5.02 Å². The SMILES string of the molecule is CN(Cc1cccs1)C(=O)CNc1ccc(Cl)cc1C(N)=O. The van der Waals surface area contributed by atoms with Gasteiger partial charge >= 0.3 is 0 Å². The molecular formula is C15H16ClN3O2S. The number of nitrogens with zero attached hydrogens (tertiary/aromatic N) is 1. The summed E-state index contributed by atoms with van der Waals surface area (Å²) in [5.74, 6) is -0.678. The first kappa shape index (κ1) is 16.3. The normalized spacial score (nSPS) is 10.3. The van der Waals surface area contributed by atoms with Gasteiger partial charge < -0.3 is 16.0 Å². The zero-order chi connectivity index (χ0) is 16.1. The molecule has 0 unspecified atom stereocenters. The summed E-state index contributed by atoms with van der Waals surface area (Å²) in [5.41, 5.74) is 6.07. The van der Waals surface area contributed by atoms with Crippen LogP contribution in [0.1, 0.15) is 15.2 Å². The smallest absolute Gasteiger partial charge is 0.250 e. The highest BCUT2D eigenvalue weighted by molar-refractivity contribution is 7.09. The summed E-state index contributed by atoms with van der Waals surface area (Å²) in [7, 11) is 1.74. The van der Waals surface area contributed by atoms with Crippen LogP contribution >= 0.6 is 22.9 Å². The minimum atomic E-state index is -0.593. The molecule has 2 rings (SSSR count). The largest absolute Gasteiger partial charge is 0.376 e. The number of nitrogens with two attached hydrogens (primary N) is 1. The lowest BCUT2D eigenvalue weighted by atomic mass is 10.1. The first-order chi connectivity index (χ1) is 10.5. The predicted octanol–water partition coefficient (Wildman–Crippen LogP) is 2.57. The van der Waals surface area contributed by atoms with Crippen LogP contribution in [0.4, 0.5) is 5.69 Å². The Morgan fingerprint density at radius 3 is 2.77 bits per heavy atom. The number of carbonyl (C=O) groups excluding carboxylic acids is 2. The number of hydrogen-bond acceptors (Lipinski definition) is 4. The molecule has 1 aromatic heterocycles. The van der Waals surface area contributed by atoms with Crippen molar-refractivity contribution in [1.82, 2.24) is 4.90 Å². The molecular weight excluding hydrogens is 322 g/mol. The highest BCUT2D eigenvalue weighted by Crippen LogP contribution is 2.20. The van der Waals surface area contributed by atoms with E-state index in [9.17, 15) is 9.59 Å². The number of anilines is 1. The molecule has 0 saturated carbocycles. The number of halogens is 1. The number of thiophene rings is 1. The molecule has 7 heteroatoms. The molecule has 22 heavy (non-hydrogen) atoms.